The minimum atomic E-state index is 0.00454. The first-order chi connectivity index (χ1) is 8.75. The van der Waals surface area contributed by atoms with E-state index in [1.807, 2.05) is 49.4 Å². The van der Waals surface area contributed by atoms with Crippen LogP contribution in [0.3, 0.4) is 0 Å². The summed E-state index contributed by atoms with van der Waals surface area (Å²) in [6.45, 7) is 2.00. The van der Waals surface area contributed by atoms with Crippen LogP contribution in [-0.2, 0) is 0 Å². The Morgan fingerprint density at radius 3 is 2.72 bits per heavy atom. The summed E-state index contributed by atoms with van der Waals surface area (Å²) in [7, 11) is 0. The van der Waals surface area contributed by atoms with Crippen LogP contribution in [0.5, 0.6) is 0 Å². The largest absolute Gasteiger partial charge is 0.286 e. The van der Waals surface area contributed by atoms with Gasteiger partial charge in [-0.15, -0.1) is 11.3 Å². The molecule has 0 aliphatic heterocycles. The van der Waals surface area contributed by atoms with Crippen LogP contribution in [0.15, 0.2) is 48.7 Å². The molecule has 0 spiro atoms. The van der Waals surface area contributed by atoms with E-state index < -0.39 is 0 Å². The van der Waals surface area contributed by atoms with Gasteiger partial charge in [0.15, 0.2) is 0 Å². The van der Waals surface area contributed by atoms with Gasteiger partial charge in [-0.1, -0.05) is 24.3 Å². The molecule has 0 N–H and O–H groups in total. The van der Waals surface area contributed by atoms with Crippen LogP contribution in [0.4, 0.5) is 0 Å². The molecule has 0 amide bonds. The lowest BCUT2D eigenvalue weighted by Crippen LogP contribution is -2.02. The van der Waals surface area contributed by atoms with E-state index in [1.165, 1.54) is 11.3 Å². The fourth-order valence-corrected chi connectivity index (χ4v) is 2.78. The molecule has 0 unspecified atom stereocenters. The lowest BCUT2D eigenvalue weighted by atomic mass is 10.1. The number of hydrogen-bond acceptors (Lipinski definition) is 3. The van der Waals surface area contributed by atoms with E-state index in [-0.39, 0.29) is 5.78 Å². The summed E-state index contributed by atoms with van der Waals surface area (Å²) in [5.41, 5.74) is 0.537. The van der Waals surface area contributed by atoms with Crippen molar-refractivity contribution in [2.45, 2.75) is 6.92 Å². The molecule has 0 saturated carbocycles. The molecular formula is C15H11NOS. The zero-order chi connectivity index (χ0) is 12.5. The lowest BCUT2D eigenvalue weighted by molar-refractivity contribution is 0.103. The molecular weight excluding hydrogens is 242 g/mol. The fraction of sp³-hybridized carbons (Fsp3) is 0.0667. The lowest BCUT2D eigenvalue weighted by Gasteiger charge is -2.02. The van der Waals surface area contributed by atoms with Crippen molar-refractivity contribution in [3.63, 3.8) is 0 Å². The molecule has 2 aromatic heterocycles. The van der Waals surface area contributed by atoms with Crippen molar-refractivity contribution < 1.29 is 4.79 Å². The average molecular weight is 253 g/mol. The van der Waals surface area contributed by atoms with Gasteiger partial charge in [-0.2, -0.15) is 0 Å². The van der Waals surface area contributed by atoms with Gasteiger partial charge >= 0.3 is 0 Å². The number of ketones is 1. The van der Waals surface area contributed by atoms with Crippen LogP contribution in [0.25, 0.3) is 10.8 Å². The summed E-state index contributed by atoms with van der Waals surface area (Å²) in [6, 6.07) is 13.6. The molecule has 0 bridgehead atoms. The third-order valence-electron chi connectivity index (χ3n) is 2.85. The van der Waals surface area contributed by atoms with E-state index in [2.05, 4.69) is 4.98 Å². The summed E-state index contributed by atoms with van der Waals surface area (Å²) in [5.74, 6) is 0.00454. The molecule has 2 nitrogen and oxygen atoms in total. The Morgan fingerprint density at radius 2 is 1.94 bits per heavy atom. The van der Waals surface area contributed by atoms with E-state index in [4.69, 9.17) is 0 Å². The van der Waals surface area contributed by atoms with Gasteiger partial charge < -0.3 is 0 Å². The molecule has 0 aliphatic carbocycles. The minimum absolute atomic E-state index is 0.00454. The molecule has 2 heterocycles. The first-order valence-electron chi connectivity index (χ1n) is 5.70. The summed E-state index contributed by atoms with van der Waals surface area (Å²) >= 11 is 1.51. The first-order valence-corrected chi connectivity index (χ1v) is 6.52. The minimum Gasteiger partial charge on any atom is -0.286 e. The smallest absolute Gasteiger partial charge is 0.221 e. The molecule has 1 aromatic carbocycles. The van der Waals surface area contributed by atoms with Crippen molar-refractivity contribution in [2.24, 2.45) is 0 Å². The van der Waals surface area contributed by atoms with Crippen molar-refractivity contribution in [1.82, 2.24) is 4.98 Å². The Balaban J connectivity index is 2.17. The van der Waals surface area contributed by atoms with Gasteiger partial charge in [-0.25, -0.2) is 0 Å². The highest BCUT2D eigenvalue weighted by Gasteiger charge is 2.15. The van der Waals surface area contributed by atoms with Crippen LogP contribution in [0.1, 0.15) is 20.2 Å². The van der Waals surface area contributed by atoms with Gasteiger partial charge in [0.2, 0.25) is 5.78 Å². The summed E-state index contributed by atoms with van der Waals surface area (Å²) in [6.07, 6.45) is 1.69. The molecule has 0 atom stereocenters. The summed E-state index contributed by atoms with van der Waals surface area (Å²) in [4.78, 5) is 18.6. The number of hydrogen-bond donors (Lipinski definition) is 0. The number of thiophene rings is 1. The maximum atomic E-state index is 12.4. The van der Waals surface area contributed by atoms with Crippen LogP contribution in [0, 0.1) is 6.92 Å². The first kappa shape index (κ1) is 11.1. The fourth-order valence-electron chi connectivity index (χ4n) is 1.97. The maximum absolute atomic E-state index is 12.4. The number of aryl methyl sites for hydroxylation is 1. The second kappa shape index (κ2) is 4.35. The second-order valence-electron chi connectivity index (χ2n) is 4.12. The van der Waals surface area contributed by atoms with Gasteiger partial charge in [-0.05, 0) is 30.5 Å². The normalized spacial score (nSPS) is 10.7. The average Bonchev–Trinajstić information content (AvgIpc) is 2.84. The number of carbonyl (C=O) groups excluding carboxylic acids is 1. The number of pyridine rings is 1. The number of nitrogens with zero attached hydrogens (tertiary/aromatic N) is 1. The van der Waals surface area contributed by atoms with Gasteiger partial charge in [0.05, 0.1) is 4.88 Å². The zero-order valence-corrected chi connectivity index (χ0v) is 10.7. The number of benzene rings is 1. The molecule has 88 valence electrons. The monoisotopic (exact) mass is 253 g/mol. The second-order valence-corrected chi connectivity index (χ2v) is 5.41. The highest BCUT2D eigenvalue weighted by molar-refractivity contribution is 7.14. The Morgan fingerprint density at radius 1 is 1.11 bits per heavy atom. The van der Waals surface area contributed by atoms with Crippen molar-refractivity contribution in [3.8, 4) is 0 Å². The quantitative estimate of drug-likeness (QED) is 0.649. The topological polar surface area (TPSA) is 30.0 Å². The highest BCUT2D eigenvalue weighted by Crippen LogP contribution is 2.23. The van der Waals surface area contributed by atoms with Crippen molar-refractivity contribution in [1.29, 1.82) is 0 Å². The molecule has 0 aliphatic rings. The number of fused-ring (bicyclic) bond motifs is 1. The molecule has 0 radical (unpaired) electrons. The van der Waals surface area contributed by atoms with Crippen LogP contribution in [-0.4, -0.2) is 10.8 Å². The Kier molecular flexibility index (Phi) is 2.68. The maximum Gasteiger partial charge on any atom is 0.221 e. The van der Waals surface area contributed by atoms with Crippen molar-refractivity contribution in [3.05, 3.63) is 64.1 Å². The number of aromatic nitrogens is 1. The van der Waals surface area contributed by atoms with Crippen LogP contribution < -0.4 is 0 Å². The van der Waals surface area contributed by atoms with Gasteiger partial charge in [0, 0.05) is 16.5 Å². The van der Waals surface area contributed by atoms with Gasteiger partial charge in [-0.3, -0.25) is 9.78 Å². The zero-order valence-electron chi connectivity index (χ0n) is 9.88. The van der Waals surface area contributed by atoms with Crippen LogP contribution in [0.2, 0.25) is 0 Å². The van der Waals surface area contributed by atoms with E-state index in [0.29, 0.717) is 5.69 Å². The standard InChI is InChI=1S/C15H11NOS/c1-10-6-7-13(18-10)15(17)14-12-5-3-2-4-11(12)8-9-16-14/h2-9H,1H3. The molecule has 18 heavy (non-hydrogen) atoms. The van der Waals surface area contributed by atoms with E-state index in [9.17, 15) is 4.79 Å². The van der Waals surface area contributed by atoms with Crippen molar-refractivity contribution in [2.75, 3.05) is 0 Å². The Bertz CT molecular complexity index is 725. The van der Waals surface area contributed by atoms with E-state index in [0.717, 1.165) is 20.5 Å². The number of carbonyl (C=O) groups is 1. The predicted octanol–water partition coefficient (Wildman–Crippen LogP) is 3.84. The summed E-state index contributed by atoms with van der Waals surface area (Å²) < 4.78 is 0. The predicted molar refractivity (Wildman–Crippen MR) is 74.2 cm³/mol. The molecule has 3 heteroatoms. The molecule has 3 rings (SSSR count). The van der Waals surface area contributed by atoms with E-state index >= 15 is 0 Å². The molecule has 0 saturated heterocycles. The van der Waals surface area contributed by atoms with E-state index in [1.54, 1.807) is 6.20 Å². The van der Waals surface area contributed by atoms with Gasteiger partial charge in [0.1, 0.15) is 5.69 Å². The Hall–Kier alpha value is -2.00. The Labute approximate surface area is 109 Å². The third kappa shape index (κ3) is 1.83. The molecule has 0 fully saturated rings. The number of rotatable bonds is 2. The molecule has 3 aromatic rings. The highest BCUT2D eigenvalue weighted by atomic mass is 32.1. The summed E-state index contributed by atoms with van der Waals surface area (Å²) in [5, 5.41) is 1.96. The van der Waals surface area contributed by atoms with Gasteiger partial charge in [0.25, 0.3) is 0 Å². The van der Waals surface area contributed by atoms with Crippen LogP contribution >= 0.6 is 11.3 Å². The third-order valence-corrected chi connectivity index (χ3v) is 3.85. The van der Waals surface area contributed by atoms with Crippen molar-refractivity contribution >= 4 is 27.9 Å². The SMILES string of the molecule is Cc1ccc(C(=O)c2nccc3ccccc23)s1.